The monoisotopic (exact) mass is 513 g/mol. The van der Waals surface area contributed by atoms with E-state index in [1.54, 1.807) is 12.1 Å². The number of nitrogens with one attached hydrogen (secondary N) is 1. The quantitative estimate of drug-likeness (QED) is 0.248. The topological polar surface area (TPSA) is 72.7 Å². The molecule has 37 heavy (non-hydrogen) atoms. The molecule has 0 aliphatic heterocycles. The van der Waals surface area contributed by atoms with E-state index in [2.05, 4.69) is 15.5 Å². The van der Waals surface area contributed by atoms with E-state index < -0.39 is 5.25 Å². The van der Waals surface area contributed by atoms with Crippen LogP contribution < -0.4 is 5.32 Å². The van der Waals surface area contributed by atoms with Gasteiger partial charge in [0.25, 0.3) is 0 Å². The number of anilines is 1. The van der Waals surface area contributed by atoms with Crippen molar-refractivity contribution in [1.29, 1.82) is 0 Å². The Hall–Kier alpha value is -3.78. The van der Waals surface area contributed by atoms with E-state index in [1.165, 1.54) is 23.4 Å². The van der Waals surface area contributed by atoms with Crippen LogP contribution in [-0.2, 0) is 11.3 Å². The lowest BCUT2D eigenvalue weighted by molar-refractivity contribution is -0.115. The number of nitrogens with zero attached hydrogens (tertiary/aromatic N) is 4. The summed E-state index contributed by atoms with van der Waals surface area (Å²) in [5.74, 6) is -0.378. The van der Waals surface area contributed by atoms with E-state index in [1.807, 2.05) is 74.7 Å². The number of carbonyl (C=O) groups is 1. The molecule has 1 N–H and O–H groups in total. The third-order valence-electron chi connectivity index (χ3n) is 6.57. The van der Waals surface area contributed by atoms with Crippen LogP contribution in [0, 0.1) is 26.6 Å². The molecule has 0 aliphatic carbocycles. The molecule has 188 valence electrons. The van der Waals surface area contributed by atoms with Gasteiger partial charge in [-0.15, -0.1) is 10.2 Å². The predicted octanol–water partition coefficient (Wildman–Crippen LogP) is 6.60. The average Bonchev–Trinajstić information content (AvgIpc) is 3.18. The Bertz CT molecular complexity index is 1630. The Morgan fingerprint density at radius 3 is 2.59 bits per heavy atom. The summed E-state index contributed by atoms with van der Waals surface area (Å²) in [6.45, 7) is 8.35. The molecule has 5 rings (SSSR count). The predicted molar refractivity (Wildman–Crippen MR) is 148 cm³/mol. The molecule has 0 spiro atoms. The van der Waals surface area contributed by atoms with Crippen LogP contribution in [0.5, 0.6) is 0 Å². The molecule has 1 unspecified atom stereocenters. The highest BCUT2D eigenvalue weighted by atomic mass is 32.2. The van der Waals surface area contributed by atoms with Gasteiger partial charge < -0.3 is 9.88 Å². The van der Waals surface area contributed by atoms with Crippen LogP contribution in [0.3, 0.4) is 0 Å². The molecule has 2 aromatic heterocycles. The first-order valence-corrected chi connectivity index (χ1v) is 13.1. The maximum Gasteiger partial charge on any atom is 0.237 e. The number of carbonyl (C=O) groups excluding carboxylic acids is 1. The molecule has 5 aromatic rings. The van der Waals surface area contributed by atoms with Crippen LogP contribution in [0.1, 0.15) is 35.6 Å². The van der Waals surface area contributed by atoms with Crippen molar-refractivity contribution in [1.82, 2.24) is 19.7 Å². The van der Waals surface area contributed by atoms with Gasteiger partial charge >= 0.3 is 0 Å². The number of rotatable bonds is 7. The summed E-state index contributed by atoms with van der Waals surface area (Å²) in [5, 5.41) is 12.8. The third-order valence-corrected chi connectivity index (χ3v) is 7.79. The average molecular weight is 514 g/mol. The highest BCUT2D eigenvalue weighted by Crippen LogP contribution is 2.31. The molecule has 0 bridgehead atoms. The van der Waals surface area contributed by atoms with E-state index in [0.717, 1.165) is 27.7 Å². The SMILES string of the molecule is CCC(Sc1nnc2c3cc(C)ccc3n(Cc3ccccc3F)c2n1)C(=O)Nc1ccc(C)c(C)c1. The number of hydrogen-bond donors (Lipinski definition) is 1. The third kappa shape index (κ3) is 5.06. The molecule has 0 aliphatic rings. The number of fused-ring (bicyclic) bond motifs is 3. The number of aryl methyl sites for hydroxylation is 3. The van der Waals surface area contributed by atoms with Crippen molar-refractivity contribution in [2.45, 2.75) is 51.1 Å². The van der Waals surface area contributed by atoms with Crippen LogP contribution in [0.25, 0.3) is 22.1 Å². The zero-order valence-electron chi connectivity index (χ0n) is 21.2. The molecule has 0 radical (unpaired) electrons. The molecule has 0 fully saturated rings. The standard InChI is InChI=1S/C29H28FN5OS/c1-5-25(28(36)31-21-12-11-18(3)19(4)15-21)37-29-32-27-26(33-34-29)22-14-17(2)10-13-24(22)35(27)16-20-8-6-7-9-23(20)30/h6-15,25H,5,16H2,1-4H3,(H,31,36). The van der Waals surface area contributed by atoms with Gasteiger partial charge in [0.15, 0.2) is 5.65 Å². The minimum Gasteiger partial charge on any atom is -0.325 e. The minimum atomic E-state index is -0.396. The Balaban J connectivity index is 1.49. The molecule has 3 aromatic carbocycles. The second-order valence-electron chi connectivity index (χ2n) is 9.27. The molecule has 1 atom stereocenters. The zero-order chi connectivity index (χ0) is 26.1. The fraction of sp³-hybridized carbons (Fsp3) is 0.241. The van der Waals surface area contributed by atoms with Gasteiger partial charge in [-0.1, -0.05) is 54.6 Å². The molecular formula is C29H28FN5OS. The molecule has 1 amide bonds. The lowest BCUT2D eigenvalue weighted by atomic mass is 10.1. The molecule has 6 nitrogen and oxygen atoms in total. The maximum absolute atomic E-state index is 14.5. The fourth-order valence-corrected chi connectivity index (χ4v) is 5.17. The number of thioether (sulfide) groups is 1. The minimum absolute atomic E-state index is 0.109. The molecule has 2 heterocycles. The Labute approximate surface area is 219 Å². The number of aromatic nitrogens is 4. The highest BCUT2D eigenvalue weighted by molar-refractivity contribution is 8.00. The Kier molecular flexibility index (Phi) is 6.93. The van der Waals surface area contributed by atoms with Gasteiger partial charge in [-0.2, -0.15) is 0 Å². The smallest absolute Gasteiger partial charge is 0.237 e. The van der Waals surface area contributed by atoms with Crippen molar-refractivity contribution in [3.8, 4) is 0 Å². The van der Waals surface area contributed by atoms with E-state index >= 15 is 0 Å². The fourth-order valence-electron chi connectivity index (χ4n) is 4.35. The summed E-state index contributed by atoms with van der Waals surface area (Å²) >= 11 is 1.29. The van der Waals surface area contributed by atoms with Gasteiger partial charge in [-0.3, -0.25) is 4.79 Å². The van der Waals surface area contributed by atoms with Crippen LogP contribution in [0.15, 0.2) is 65.8 Å². The summed E-state index contributed by atoms with van der Waals surface area (Å²) in [5.41, 5.74) is 6.90. The number of amides is 1. The second kappa shape index (κ2) is 10.3. The van der Waals surface area contributed by atoms with Gasteiger partial charge in [0.05, 0.1) is 17.3 Å². The normalized spacial score (nSPS) is 12.2. The van der Waals surface area contributed by atoms with Gasteiger partial charge in [-0.25, -0.2) is 9.37 Å². The summed E-state index contributed by atoms with van der Waals surface area (Å²) in [4.78, 5) is 17.9. The summed E-state index contributed by atoms with van der Waals surface area (Å²) < 4.78 is 16.5. The molecule has 8 heteroatoms. The summed E-state index contributed by atoms with van der Waals surface area (Å²) in [6.07, 6.45) is 0.597. The van der Waals surface area contributed by atoms with Crippen molar-refractivity contribution < 1.29 is 9.18 Å². The number of benzene rings is 3. The van der Waals surface area contributed by atoms with Crippen molar-refractivity contribution in [2.24, 2.45) is 0 Å². The van der Waals surface area contributed by atoms with E-state index in [9.17, 15) is 9.18 Å². The van der Waals surface area contributed by atoms with Crippen molar-refractivity contribution in [3.63, 3.8) is 0 Å². The van der Waals surface area contributed by atoms with Crippen LogP contribution in [-0.4, -0.2) is 30.9 Å². The van der Waals surface area contributed by atoms with E-state index in [4.69, 9.17) is 4.98 Å². The second-order valence-corrected chi connectivity index (χ2v) is 10.4. The lowest BCUT2D eigenvalue weighted by Crippen LogP contribution is -2.25. The molecule has 0 saturated heterocycles. The van der Waals surface area contributed by atoms with Crippen molar-refractivity contribution in [3.05, 3.63) is 88.7 Å². The van der Waals surface area contributed by atoms with Crippen molar-refractivity contribution >= 4 is 45.4 Å². The maximum atomic E-state index is 14.5. The molecular weight excluding hydrogens is 485 g/mol. The lowest BCUT2D eigenvalue weighted by Gasteiger charge is -2.14. The number of hydrogen-bond acceptors (Lipinski definition) is 5. The summed E-state index contributed by atoms with van der Waals surface area (Å²) in [6, 6.07) is 18.7. The first-order chi connectivity index (χ1) is 17.8. The van der Waals surface area contributed by atoms with Crippen molar-refractivity contribution in [2.75, 3.05) is 5.32 Å². The van der Waals surface area contributed by atoms with Crippen LogP contribution in [0.2, 0.25) is 0 Å². The van der Waals surface area contributed by atoms with E-state index in [-0.39, 0.29) is 11.7 Å². The highest BCUT2D eigenvalue weighted by Gasteiger charge is 2.22. The zero-order valence-corrected chi connectivity index (χ0v) is 22.1. The van der Waals surface area contributed by atoms with Gasteiger partial charge in [-0.05, 0) is 68.7 Å². The largest absolute Gasteiger partial charge is 0.325 e. The van der Waals surface area contributed by atoms with Crippen LogP contribution in [0.4, 0.5) is 10.1 Å². The summed E-state index contributed by atoms with van der Waals surface area (Å²) in [7, 11) is 0. The van der Waals surface area contributed by atoms with E-state index in [0.29, 0.717) is 34.8 Å². The first kappa shape index (κ1) is 24.9. The Morgan fingerprint density at radius 1 is 1.03 bits per heavy atom. The molecule has 0 saturated carbocycles. The Morgan fingerprint density at radius 2 is 1.84 bits per heavy atom. The van der Waals surface area contributed by atoms with Gasteiger partial charge in [0.1, 0.15) is 11.3 Å². The first-order valence-electron chi connectivity index (χ1n) is 12.3. The van der Waals surface area contributed by atoms with Crippen LogP contribution >= 0.6 is 11.8 Å². The van der Waals surface area contributed by atoms with Gasteiger partial charge in [0, 0.05) is 16.6 Å². The number of halogens is 1. The van der Waals surface area contributed by atoms with Gasteiger partial charge in [0.2, 0.25) is 11.1 Å².